The van der Waals surface area contributed by atoms with E-state index in [0.29, 0.717) is 25.8 Å². The van der Waals surface area contributed by atoms with E-state index in [0.717, 1.165) is 19.3 Å². The highest BCUT2D eigenvalue weighted by atomic mass is 32.1. The number of carbonyl (C=O) groups excluding carboxylic acids is 1. The van der Waals surface area contributed by atoms with Crippen LogP contribution in [0.15, 0.2) is 47.9 Å². The number of aromatic nitrogens is 3. The second-order valence-corrected chi connectivity index (χ2v) is 8.49. The van der Waals surface area contributed by atoms with E-state index < -0.39 is 5.69 Å². The SMILES string of the molecule is C=CC(=O)NC1CCCC1NC(O)=c1sc2nccc3c2c1nc(=O)n3/C(N)=C/C=C\C. The van der Waals surface area contributed by atoms with E-state index in [-0.39, 0.29) is 29.7 Å². The minimum absolute atomic E-state index is 0.0962. The lowest BCUT2D eigenvalue weighted by atomic mass is 10.1. The van der Waals surface area contributed by atoms with Crippen LogP contribution in [0.4, 0.5) is 0 Å². The Balaban J connectivity index is 1.83. The van der Waals surface area contributed by atoms with Crippen molar-refractivity contribution in [3.8, 4) is 0 Å². The number of nitrogens with one attached hydrogen (secondary N) is 2. The monoisotopic (exact) mass is 452 g/mol. The van der Waals surface area contributed by atoms with Crippen molar-refractivity contribution in [2.24, 2.45) is 5.73 Å². The summed E-state index contributed by atoms with van der Waals surface area (Å²) >= 11 is 1.24. The first-order chi connectivity index (χ1) is 15.4. The second-order valence-electron chi connectivity index (χ2n) is 7.49. The molecule has 0 saturated heterocycles. The fourth-order valence-corrected chi connectivity index (χ4v) is 5.01. The molecule has 0 radical (unpaired) electrons. The largest absolute Gasteiger partial charge is 0.494 e. The number of nitrogens with two attached hydrogens (primary N) is 1. The van der Waals surface area contributed by atoms with Crippen LogP contribution in [0.3, 0.4) is 0 Å². The molecule has 0 spiro atoms. The highest BCUT2D eigenvalue weighted by Gasteiger charge is 2.29. The van der Waals surface area contributed by atoms with Crippen LogP contribution in [0.1, 0.15) is 26.2 Å². The van der Waals surface area contributed by atoms with Crippen LogP contribution < -0.4 is 26.6 Å². The quantitative estimate of drug-likeness (QED) is 0.329. The molecule has 1 aliphatic carbocycles. The molecule has 4 rings (SSSR count). The highest BCUT2D eigenvalue weighted by molar-refractivity contribution is 7.17. The number of aliphatic hydroxyl groups excluding tert-OH is 1. The number of thiophene rings is 1. The van der Waals surface area contributed by atoms with Crippen LogP contribution in [0.2, 0.25) is 0 Å². The maximum Gasteiger partial charge on any atom is 0.354 e. The summed E-state index contributed by atoms with van der Waals surface area (Å²) in [6.45, 7) is 5.33. The third-order valence-electron chi connectivity index (χ3n) is 5.47. The maximum absolute atomic E-state index is 12.9. The molecule has 3 aromatic heterocycles. The van der Waals surface area contributed by atoms with E-state index in [4.69, 9.17) is 5.73 Å². The van der Waals surface area contributed by atoms with Crippen LogP contribution in [0.5, 0.6) is 0 Å². The van der Waals surface area contributed by atoms with E-state index in [1.54, 1.807) is 30.5 Å². The Bertz CT molecular complexity index is 1370. The molecule has 5 N–H and O–H groups in total. The van der Waals surface area contributed by atoms with Crippen molar-refractivity contribution in [1.29, 1.82) is 0 Å². The van der Waals surface area contributed by atoms with E-state index in [1.165, 1.54) is 22.0 Å². The number of allylic oxidation sites excluding steroid dienone is 3. The molecule has 2 atom stereocenters. The van der Waals surface area contributed by atoms with Gasteiger partial charge in [-0.3, -0.25) is 4.79 Å². The van der Waals surface area contributed by atoms with Gasteiger partial charge in [0, 0.05) is 18.3 Å². The number of amides is 1. The van der Waals surface area contributed by atoms with Crippen molar-refractivity contribution in [3.63, 3.8) is 0 Å². The molecule has 166 valence electrons. The Hall–Kier alpha value is -3.66. The van der Waals surface area contributed by atoms with Gasteiger partial charge in [0.2, 0.25) is 11.8 Å². The first-order valence-corrected chi connectivity index (χ1v) is 11.1. The summed E-state index contributed by atoms with van der Waals surface area (Å²) in [5.41, 5.74) is 6.51. The molecule has 1 amide bonds. The van der Waals surface area contributed by atoms with Crippen LogP contribution in [0, 0.1) is 0 Å². The van der Waals surface area contributed by atoms with Crippen molar-refractivity contribution in [1.82, 2.24) is 25.2 Å². The number of carbonyl (C=O) groups is 1. The van der Waals surface area contributed by atoms with E-state index in [9.17, 15) is 14.7 Å². The second kappa shape index (κ2) is 8.83. The first-order valence-electron chi connectivity index (χ1n) is 10.3. The van der Waals surface area contributed by atoms with Gasteiger partial charge in [-0.1, -0.05) is 18.7 Å². The number of rotatable bonds is 6. The van der Waals surface area contributed by atoms with Crippen molar-refractivity contribution < 1.29 is 9.90 Å². The molecule has 1 saturated carbocycles. The number of pyridine rings is 1. The predicted molar refractivity (Wildman–Crippen MR) is 127 cm³/mol. The molecule has 1 aliphatic rings. The predicted octanol–water partition coefficient (Wildman–Crippen LogP) is 1.49. The molecule has 10 heteroatoms. The molecular weight excluding hydrogens is 428 g/mol. The van der Waals surface area contributed by atoms with Gasteiger partial charge in [0.1, 0.15) is 20.7 Å². The van der Waals surface area contributed by atoms with Gasteiger partial charge in [-0.25, -0.2) is 14.3 Å². The summed E-state index contributed by atoms with van der Waals surface area (Å²) in [5, 5.41) is 17.6. The standard InChI is InChI=1S/C22H24N6O3S/c1-3-5-9-15(23)28-14-10-11-24-21-17(14)18(27-22(28)31)19(32-21)20(30)26-13-8-6-7-12(13)25-16(29)4-2/h3-5,9-13,26,30H,2,6-8,23H2,1H3,(H,25,29)/b5-3-,15-9+,20-19?. The van der Waals surface area contributed by atoms with Crippen LogP contribution in [-0.4, -0.2) is 37.6 Å². The van der Waals surface area contributed by atoms with Gasteiger partial charge in [0.05, 0.1) is 10.9 Å². The smallest absolute Gasteiger partial charge is 0.354 e. The molecule has 9 nitrogen and oxygen atoms in total. The summed E-state index contributed by atoms with van der Waals surface area (Å²) < 4.78 is 1.75. The van der Waals surface area contributed by atoms with Gasteiger partial charge in [-0.2, -0.15) is 4.98 Å². The lowest BCUT2D eigenvalue weighted by Gasteiger charge is -2.21. The molecule has 0 aromatic carbocycles. The van der Waals surface area contributed by atoms with Crippen molar-refractivity contribution >= 4 is 50.2 Å². The van der Waals surface area contributed by atoms with Gasteiger partial charge < -0.3 is 21.5 Å². The molecule has 1 fully saturated rings. The average Bonchev–Trinajstić information content (AvgIpc) is 3.37. The average molecular weight is 453 g/mol. The van der Waals surface area contributed by atoms with Crippen molar-refractivity contribution in [2.75, 3.05) is 0 Å². The zero-order chi connectivity index (χ0) is 22.8. The summed E-state index contributed by atoms with van der Waals surface area (Å²) in [5.74, 6) is -0.111. The van der Waals surface area contributed by atoms with Gasteiger partial charge >= 0.3 is 5.69 Å². The van der Waals surface area contributed by atoms with E-state index in [2.05, 4.69) is 27.2 Å². The van der Waals surface area contributed by atoms with Gasteiger partial charge in [0.15, 0.2) is 0 Å². The van der Waals surface area contributed by atoms with E-state index >= 15 is 0 Å². The van der Waals surface area contributed by atoms with Crippen LogP contribution in [0.25, 0.3) is 33.0 Å². The molecule has 3 aromatic rings. The lowest BCUT2D eigenvalue weighted by Crippen LogP contribution is -2.46. The molecular formula is C22H24N6O3S. The normalized spacial score (nSPS) is 20.2. The number of nitrogens with zero attached hydrogens (tertiary/aromatic N) is 3. The molecule has 0 aliphatic heterocycles. The minimum atomic E-state index is -0.548. The zero-order valence-electron chi connectivity index (χ0n) is 17.5. The summed E-state index contributed by atoms with van der Waals surface area (Å²) in [4.78, 5) is 33.8. The molecule has 32 heavy (non-hydrogen) atoms. The van der Waals surface area contributed by atoms with Crippen molar-refractivity contribution in [2.45, 2.75) is 38.3 Å². The topological polar surface area (TPSA) is 135 Å². The fourth-order valence-electron chi connectivity index (χ4n) is 4.00. The number of hydrogen-bond donors (Lipinski definition) is 4. The lowest BCUT2D eigenvalue weighted by molar-refractivity contribution is -0.117. The molecule has 0 bridgehead atoms. The van der Waals surface area contributed by atoms with Gasteiger partial charge in [-0.05, 0) is 44.4 Å². The fraction of sp³-hybridized carbons (Fsp3) is 0.273. The summed E-state index contributed by atoms with van der Waals surface area (Å²) in [6, 6.07) is 1.42. The first kappa shape index (κ1) is 21.6. The Morgan fingerprint density at radius 1 is 1.38 bits per heavy atom. The number of hydrogen-bond acceptors (Lipinski definition) is 8. The minimum Gasteiger partial charge on any atom is -0.494 e. The van der Waals surface area contributed by atoms with Crippen molar-refractivity contribution in [3.05, 3.63) is 58.2 Å². The van der Waals surface area contributed by atoms with Crippen LogP contribution >= 0.6 is 11.3 Å². The van der Waals surface area contributed by atoms with Crippen LogP contribution in [-0.2, 0) is 4.79 Å². The highest BCUT2D eigenvalue weighted by Crippen LogP contribution is 2.26. The zero-order valence-corrected chi connectivity index (χ0v) is 18.4. The Kier molecular flexibility index (Phi) is 5.95. The van der Waals surface area contributed by atoms with E-state index in [1.807, 2.05) is 6.92 Å². The Morgan fingerprint density at radius 3 is 2.84 bits per heavy atom. The third kappa shape index (κ3) is 3.84. The molecule has 3 heterocycles. The molecule has 2 unspecified atom stereocenters. The Morgan fingerprint density at radius 2 is 2.12 bits per heavy atom. The van der Waals surface area contributed by atoms with Gasteiger partial charge in [-0.15, -0.1) is 11.3 Å². The van der Waals surface area contributed by atoms with Gasteiger partial charge in [0.25, 0.3) is 0 Å². The summed E-state index contributed by atoms with van der Waals surface area (Å²) in [6.07, 6.45) is 10.5. The number of aliphatic hydroxyl groups is 1. The maximum atomic E-state index is 12.9. The Labute approximate surface area is 187 Å². The summed E-state index contributed by atoms with van der Waals surface area (Å²) in [7, 11) is 0. The third-order valence-corrected chi connectivity index (χ3v) is 6.56.